The summed E-state index contributed by atoms with van der Waals surface area (Å²) in [6.45, 7) is 4.41. The Morgan fingerprint density at radius 1 is 1.53 bits per heavy atom. The van der Waals surface area contributed by atoms with Crippen LogP contribution in [0.5, 0.6) is 0 Å². The van der Waals surface area contributed by atoms with Crippen molar-refractivity contribution in [1.29, 1.82) is 0 Å². The third kappa shape index (κ3) is 5.04. The highest BCUT2D eigenvalue weighted by Gasteiger charge is 2.21. The van der Waals surface area contributed by atoms with Crippen molar-refractivity contribution in [3.8, 4) is 0 Å². The van der Waals surface area contributed by atoms with Crippen molar-refractivity contribution >= 4 is 5.97 Å². The molecular formula is C13H26N2O2. The van der Waals surface area contributed by atoms with Crippen LogP contribution in [0, 0.1) is 5.92 Å². The van der Waals surface area contributed by atoms with E-state index < -0.39 is 0 Å². The van der Waals surface area contributed by atoms with Crippen LogP contribution in [0.25, 0.3) is 0 Å². The van der Waals surface area contributed by atoms with Crippen molar-refractivity contribution in [2.45, 2.75) is 38.6 Å². The van der Waals surface area contributed by atoms with Gasteiger partial charge in [0.1, 0.15) is 6.04 Å². The molecule has 0 bridgehead atoms. The van der Waals surface area contributed by atoms with Gasteiger partial charge < -0.3 is 15.0 Å². The highest BCUT2D eigenvalue weighted by Crippen LogP contribution is 2.26. The minimum Gasteiger partial charge on any atom is -0.465 e. The molecule has 100 valence electrons. The minimum absolute atomic E-state index is 0.132. The van der Waals surface area contributed by atoms with Crippen LogP contribution < -0.4 is 5.32 Å². The third-order valence-corrected chi connectivity index (χ3v) is 3.51. The molecule has 0 aromatic carbocycles. The first-order valence-corrected chi connectivity index (χ1v) is 6.69. The number of carbonyl (C=O) groups excluding carboxylic acids is 1. The fourth-order valence-corrected chi connectivity index (χ4v) is 2.18. The minimum atomic E-state index is -0.168. The van der Waals surface area contributed by atoms with Gasteiger partial charge in [-0.2, -0.15) is 0 Å². The van der Waals surface area contributed by atoms with E-state index in [1.807, 2.05) is 14.0 Å². The molecule has 1 rings (SSSR count). The highest BCUT2D eigenvalue weighted by atomic mass is 16.5. The second-order valence-electron chi connectivity index (χ2n) is 4.94. The monoisotopic (exact) mass is 242 g/mol. The molecule has 0 heterocycles. The lowest BCUT2D eigenvalue weighted by Crippen LogP contribution is -2.39. The van der Waals surface area contributed by atoms with Gasteiger partial charge in [-0.05, 0) is 52.7 Å². The second kappa shape index (κ2) is 7.67. The highest BCUT2D eigenvalue weighted by molar-refractivity contribution is 5.75. The molecule has 4 nitrogen and oxygen atoms in total. The molecule has 1 N–H and O–H groups in total. The number of hydrogen-bond donors (Lipinski definition) is 1. The molecule has 0 aliphatic heterocycles. The van der Waals surface area contributed by atoms with Crippen molar-refractivity contribution < 1.29 is 9.53 Å². The zero-order chi connectivity index (χ0) is 12.7. The first kappa shape index (κ1) is 14.5. The van der Waals surface area contributed by atoms with E-state index in [1.165, 1.54) is 25.8 Å². The van der Waals surface area contributed by atoms with Gasteiger partial charge in [0.2, 0.25) is 0 Å². The summed E-state index contributed by atoms with van der Waals surface area (Å²) < 4.78 is 5.02. The van der Waals surface area contributed by atoms with E-state index in [1.54, 1.807) is 0 Å². The van der Waals surface area contributed by atoms with Gasteiger partial charge in [-0.25, -0.2) is 0 Å². The van der Waals surface area contributed by atoms with Crippen molar-refractivity contribution in [3.63, 3.8) is 0 Å². The average molecular weight is 242 g/mol. The molecule has 1 aliphatic rings. The quantitative estimate of drug-likeness (QED) is 0.651. The molecule has 1 unspecified atom stereocenters. The summed E-state index contributed by atoms with van der Waals surface area (Å²) in [5.74, 6) is 0.752. The van der Waals surface area contributed by atoms with Crippen molar-refractivity contribution in [2.75, 3.05) is 33.8 Å². The van der Waals surface area contributed by atoms with Crippen LogP contribution in [0.1, 0.15) is 32.6 Å². The molecule has 4 heteroatoms. The molecule has 1 saturated carbocycles. The van der Waals surface area contributed by atoms with Gasteiger partial charge >= 0.3 is 5.97 Å². The van der Waals surface area contributed by atoms with Gasteiger partial charge in [-0.1, -0.05) is 6.42 Å². The molecular weight excluding hydrogens is 216 g/mol. The summed E-state index contributed by atoms with van der Waals surface area (Å²) in [5.41, 5.74) is 0. The number of esters is 1. The molecule has 0 amide bonds. The molecule has 1 atom stereocenters. The lowest BCUT2D eigenvalue weighted by Gasteiger charge is -2.30. The van der Waals surface area contributed by atoms with Gasteiger partial charge in [0.05, 0.1) is 6.61 Å². The number of hydrogen-bond acceptors (Lipinski definition) is 4. The van der Waals surface area contributed by atoms with E-state index >= 15 is 0 Å². The van der Waals surface area contributed by atoms with Crippen LogP contribution >= 0.6 is 0 Å². The molecule has 1 aliphatic carbocycles. The van der Waals surface area contributed by atoms with Gasteiger partial charge in [0.25, 0.3) is 0 Å². The third-order valence-electron chi connectivity index (χ3n) is 3.51. The van der Waals surface area contributed by atoms with Crippen LogP contribution in [0.15, 0.2) is 0 Å². The predicted octanol–water partition coefficient (Wildman–Crippen LogP) is 1.26. The molecule has 0 spiro atoms. The van der Waals surface area contributed by atoms with Crippen molar-refractivity contribution in [2.24, 2.45) is 5.92 Å². The number of carbonyl (C=O) groups is 1. The van der Waals surface area contributed by atoms with Gasteiger partial charge in [-0.3, -0.25) is 4.79 Å². The second-order valence-corrected chi connectivity index (χ2v) is 4.94. The molecule has 0 radical (unpaired) electrons. The summed E-state index contributed by atoms with van der Waals surface area (Å²) in [6, 6.07) is -0.168. The van der Waals surface area contributed by atoms with Gasteiger partial charge in [0.15, 0.2) is 0 Å². The van der Waals surface area contributed by atoms with Crippen LogP contribution in [0.2, 0.25) is 0 Å². The van der Waals surface area contributed by atoms with E-state index in [0.717, 1.165) is 18.9 Å². The first-order valence-electron chi connectivity index (χ1n) is 6.69. The lowest BCUT2D eigenvalue weighted by molar-refractivity contribution is -0.145. The molecule has 17 heavy (non-hydrogen) atoms. The molecule has 0 aromatic heterocycles. The maximum atomic E-state index is 11.6. The van der Waals surface area contributed by atoms with Crippen LogP contribution in [0.3, 0.4) is 0 Å². The first-order chi connectivity index (χ1) is 8.17. The van der Waals surface area contributed by atoms with Crippen molar-refractivity contribution in [3.05, 3.63) is 0 Å². The van der Waals surface area contributed by atoms with Crippen LogP contribution in [-0.2, 0) is 9.53 Å². The number of rotatable bonds is 8. The normalized spacial score (nSPS) is 17.9. The van der Waals surface area contributed by atoms with Gasteiger partial charge in [0, 0.05) is 6.54 Å². The van der Waals surface area contributed by atoms with Crippen molar-refractivity contribution in [1.82, 2.24) is 10.2 Å². The predicted molar refractivity (Wildman–Crippen MR) is 68.9 cm³/mol. The number of ether oxygens (including phenoxy) is 1. The number of nitrogens with one attached hydrogen (secondary N) is 1. The Hall–Kier alpha value is -0.610. The zero-order valence-electron chi connectivity index (χ0n) is 11.4. The Balaban J connectivity index is 2.18. The fraction of sp³-hybridized carbons (Fsp3) is 0.923. The summed E-state index contributed by atoms with van der Waals surface area (Å²) in [7, 11) is 3.95. The van der Waals surface area contributed by atoms with E-state index in [2.05, 4.69) is 17.3 Å². The van der Waals surface area contributed by atoms with Crippen LogP contribution in [0.4, 0.5) is 0 Å². The van der Waals surface area contributed by atoms with Crippen LogP contribution in [-0.4, -0.2) is 50.7 Å². The number of likely N-dealkylation sites (N-methyl/N-ethyl adjacent to an activating group) is 1. The molecule has 1 fully saturated rings. The Kier molecular flexibility index (Phi) is 6.52. The Labute approximate surface area is 105 Å². The lowest BCUT2D eigenvalue weighted by atomic mass is 9.85. The Morgan fingerprint density at radius 2 is 2.24 bits per heavy atom. The maximum Gasteiger partial charge on any atom is 0.323 e. The van der Waals surface area contributed by atoms with E-state index in [9.17, 15) is 4.79 Å². The van der Waals surface area contributed by atoms with E-state index in [-0.39, 0.29) is 12.0 Å². The smallest absolute Gasteiger partial charge is 0.323 e. The summed E-state index contributed by atoms with van der Waals surface area (Å²) in [5, 5.41) is 3.02. The standard InChI is InChI=1S/C13H26N2O2/c1-4-17-13(16)12(14-2)8-9-15(3)10-11-6-5-7-11/h11-12,14H,4-10H2,1-3H3. The summed E-state index contributed by atoms with van der Waals surface area (Å²) in [6.07, 6.45) is 4.95. The summed E-state index contributed by atoms with van der Waals surface area (Å²) >= 11 is 0. The largest absolute Gasteiger partial charge is 0.465 e. The number of nitrogens with zero attached hydrogens (tertiary/aromatic N) is 1. The van der Waals surface area contributed by atoms with E-state index in [0.29, 0.717) is 6.61 Å². The maximum absolute atomic E-state index is 11.6. The fourth-order valence-electron chi connectivity index (χ4n) is 2.18. The molecule has 0 aromatic rings. The average Bonchev–Trinajstić information content (AvgIpc) is 2.25. The Morgan fingerprint density at radius 3 is 2.71 bits per heavy atom. The topological polar surface area (TPSA) is 41.6 Å². The summed E-state index contributed by atoms with van der Waals surface area (Å²) in [4.78, 5) is 13.9. The SMILES string of the molecule is CCOC(=O)C(CCN(C)CC1CCC1)NC. The Bertz CT molecular complexity index is 229. The molecule has 0 saturated heterocycles. The van der Waals surface area contributed by atoms with Gasteiger partial charge in [-0.15, -0.1) is 0 Å². The van der Waals surface area contributed by atoms with E-state index in [4.69, 9.17) is 4.74 Å². The zero-order valence-corrected chi connectivity index (χ0v) is 11.4.